The monoisotopic (exact) mass is 424 g/mol. The Morgan fingerprint density at radius 2 is 2.07 bits per heavy atom. The molecular formula is C19H23ClF2N6O. The first kappa shape index (κ1) is 19.9. The number of hydrazine groups is 1. The number of halogens is 3. The third kappa shape index (κ3) is 4.79. The van der Waals surface area contributed by atoms with Gasteiger partial charge in [0.2, 0.25) is 0 Å². The molecule has 1 aliphatic carbocycles. The standard InChI is InChI=1S/C19H23ClF2N6O/c20-14-4-2-1-3-13(14)9-24-16-15(27-23)17(28-8-7-19(21,22)11-28)26-18(25-16)29-10-12-5-6-12/h1-4,12,27H,5-11,23H2,(H,24,25,26). The summed E-state index contributed by atoms with van der Waals surface area (Å²) in [7, 11) is 0. The van der Waals surface area contributed by atoms with Crippen LogP contribution < -0.4 is 26.2 Å². The van der Waals surface area contributed by atoms with Crippen molar-refractivity contribution >= 4 is 28.9 Å². The molecule has 4 rings (SSSR count). The van der Waals surface area contributed by atoms with Crippen LogP contribution in [-0.2, 0) is 6.54 Å². The molecule has 156 valence electrons. The molecule has 2 aliphatic rings. The molecule has 7 nitrogen and oxygen atoms in total. The lowest BCUT2D eigenvalue weighted by Gasteiger charge is -2.23. The number of anilines is 3. The third-order valence-corrected chi connectivity index (χ3v) is 5.40. The van der Waals surface area contributed by atoms with Crippen molar-refractivity contribution in [2.24, 2.45) is 11.8 Å². The number of aromatic nitrogens is 2. The molecule has 0 unspecified atom stereocenters. The predicted molar refractivity (Wildman–Crippen MR) is 109 cm³/mol. The zero-order chi connectivity index (χ0) is 20.4. The minimum absolute atomic E-state index is 0.141. The van der Waals surface area contributed by atoms with E-state index in [-0.39, 0.29) is 19.0 Å². The number of rotatable bonds is 8. The zero-order valence-electron chi connectivity index (χ0n) is 15.8. The van der Waals surface area contributed by atoms with Gasteiger partial charge in [0.1, 0.15) is 5.69 Å². The highest BCUT2D eigenvalue weighted by molar-refractivity contribution is 6.31. The van der Waals surface area contributed by atoms with E-state index in [4.69, 9.17) is 22.2 Å². The van der Waals surface area contributed by atoms with E-state index in [2.05, 4.69) is 20.7 Å². The van der Waals surface area contributed by atoms with Crippen molar-refractivity contribution in [3.05, 3.63) is 34.9 Å². The Kier molecular flexibility index (Phi) is 5.60. The second-order valence-electron chi connectivity index (χ2n) is 7.42. The van der Waals surface area contributed by atoms with Gasteiger partial charge in [0.15, 0.2) is 11.6 Å². The lowest BCUT2D eigenvalue weighted by molar-refractivity contribution is 0.0256. The van der Waals surface area contributed by atoms with E-state index >= 15 is 0 Å². The Morgan fingerprint density at radius 1 is 1.28 bits per heavy atom. The minimum atomic E-state index is -2.77. The van der Waals surface area contributed by atoms with Crippen molar-refractivity contribution in [3.63, 3.8) is 0 Å². The molecule has 0 radical (unpaired) electrons. The van der Waals surface area contributed by atoms with Gasteiger partial charge in [-0.15, -0.1) is 0 Å². The van der Waals surface area contributed by atoms with E-state index in [1.807, 2.05) is 18.2 Å². The average Bonchev–Trinajstić information content (AvgIpc) is 3.46. The van der Waals surface area contributed by atoms with Crippen LogP contribution in [0.1, 0.15) is 24.8 Å². The van der Waals surface area contributed by atoms with Crippen LogP contribution in [0, 0.1) is 5.92 Å². The van der Waals surface area contributed by atoms with Crippen LogP contribution in [-0.4, -0.2) is 35.6 Å². The molecule has 0 amide bonds. The molecule has 1 aliphatic heterocycles. The Balaban J connectivity index is 1.62. The van der Waals surface area contributed by atoms with Crippen LogP contribution >= 0.6 is 11.6 Å². The molecule has 2 aromatic rings. The molecule has 0 bridgehead atoms. The molecule has 2 fully saturated rings. The lowest BCUT2D eigenvalue weighted by Crippen LogP contribution is -2.28. The van der Waals surface area contributed by atoms with Crippen LogP contribution in [0.25, 0.3) is 0 Å². The maximum absolute atomic E-state index is 13.8. The summed E-state index contributed by atoms with van der Waals surface area (Å²) in [5, 5.41) is 3.79. The van der Waals surface area contributed by atoms with Gasteiger partial charge in [-0.3, -0.25) is 5.84 Å². The number of nitrogens with zero attached hydrogens (tertiary/aromatic N) is 3. The van der Waals surface area contributed by atoms with Crippen LogP contribution in [0.4, 0.5) is 26.1 Å². The van der Waals surface area contributed by atoms with Gasteiger partial charge in [0.05, 0.1) is 13.2 Å². The van der Waals surface area contributed by atoms with Crippen molar-refractivity contribution in [1.82, 2.24) is 9.97 Å². The molecule has 1 saturated carbocycles. The van der Waals surface area contributed by atoms with E-state index in [0.29, 0.717) is 41.4 Å². The Morgan fingerprint density at radius 3 is 2.72 bits per heavy atom. The summed E-state index contributed by atoms with van der Waals surface area (Å²) in [4.78, 5) is 10.3. The highest BCUT2D eigenvalue weighted by atomic mass is 35.5. The summed E-state index contributed by atoms with van der Waals surface area (Å²) >= 11 is 6.22. The van der Waals surface area contributed by atoms with Gasteiger partial charge >= 0.3 is 6.01 Å². The third-order valence-electron chi connectivity index (χ3n) is 5.03. The summed E-state index contributed by atoms with van der Waals surface area (Å²) in [6.45, 7) is 0.632. The molecule has 29 heavy (non-hydrogen) atoms. The van der Waals surface area contributed by atoms with E-state index in [1.54, 1.807) is 6.07 Å². The number of alkyl halides is 2. The first-order chi connectivity index (χ1) is 13.9. The largest absolute Gasteiger partial charge is 0.463 e. The molecule has 0 atom stereocenters. The quantitative estimate of drug-likeness (QED) is 0.440. The molecule has 1 aromatic carbocycles. The fraction of sp³-hybridized carbons (Fsp3) is 0.474. The maximum Gasteiger partial charge on any atom is 0.320 e. The first-order valence-electron chi connectivity index (χ1n) is 9.57. The number of hydrogen-bond donors (Lipinski definition) is 3. The van der Waals surface area contributed by atoms with E-state index < -0.39 is 12.5 Å². The van der Waals surface area contributed by atoms with E-state index in [1.165, 1.54) is 4.90 Å². The lowest BCUT2D eigenvalue weighted by atomic mass is 10.2. The van der Waals surface area contributed by atoms with Crippen LogP contribution in [0.5, 0.6) is 6.01 Å². The molecule has 10 heteroatoms. The molecular weight excluding hydrogens is 402 g/mol. The summed E-state index contributed by atoms with van der Waals surface area (Å²) < 4.78 is 33.3. The van der Waals surface area contributed by atoms with Crippen LogP contribution in [0.15, 0.2) is 24.3 Å². The van der Waals surface area contributed by atoms with E-state index in [9.17, 15) is 8.78 Å². The Bertz CT molecular complexity index is 880. The number of hydrogen-bond acceptors (Lipinski definition) is 7. The second-order valence-corrected chi connectivity index (χ2v) is 7.83. The molecule has 1 saturated heterocycles. The van der Waals surface area contributed by atoms with Gasteiger partial charge in [-0.05, 0) is 30.4 Å². The fourth-order valence-corrected chi connectivity index (χ4v) is 3.40. The SMILES string of the molecule is NNc1c(NCc2ccccc2Cl)nc(OCC2CC2)nc1N1CCC(F)(F)C1. The second kappa shape index (κ2) is 8.16. The molecule has 1 aromatic heterocycles. The van der Waals surface area contributed by atoms with Gasteiger partial charge < -0.3 is 20.4 Å². The van der Waals surface area contributed by atoms with Crippen molar-refractivity contribution < 1.29 is 13.5 Å². The average molecular weight is 425 g/mol. The summed E-state index contributed by atoms with van der Waals surface area (Å²) in [5.41, 5.74) is 3.77. The smallest absolute Gasteiger partial charge is 0.320 e. The van der Waals surface area contributed by atoms with Crippen molar-refractivity contribution in [3.8, 4) is 6.01 Å². The number of nitrogen functional groups attached to an aromatic ring is 1. The minimum Gasteiger partial charge on any atom is -0.463 e. The van der Waals surface area contributed by atoms with Gasteiger partial charge in [-0.25, -0.2) is 8.78 Å². The zero-order valence-corrected chi connectivity index (χ0v) is 16.6. The van der Waals surface area contributed by atoms with Gasteiger partial charge in [0.25, 0.3) is 5.92 Å². The molecule has 2 heterocycles. The fourth-order valence-electron chi connectivity index (χ4n) is 3.20. The van der Waals surface area contributed by atoms with Gasteiger partial charge in [0, 0.05) is 24.5 Å². The topological polar surface area (TPSA) is 88.3 Å². The number of nitrogens with one attached hydrogen (secondary N) is 2. The highest BCUT2D eigenvalue weighted by Gasteiger charge is 2.40. The highest BCUT2D eigenvalue weighted by Crippen LogP contribution is 2.38. The summed E-state index contributed by atoms with van der Waals surface area (Å²) in [5.74, 6) is 4.13. The normalized spacial score (nSPS) is 18.0. The predicted octanol–water partition coefficient (Wildman–Crippen LogP) is 3.66. The number of benzene rings is 1. The summed E-state index contributed by atoms with van der Waals surface area (Å²) in [6, 6.07) is 7.55. The van der Waals surface area contributed by atoms with Gasteiger partial charge in [-0.1, -0.05) is 29.8 Å². The van der Waals surface area contributed by atoms with Gasteiger partial charge in [-0.2, -0.15) is 9.97 Å². The van der Waals surface area contributed by atoms with Crippen molar-refractivity contribution in [2.45, 2.75) is 31.7 Å². The number of ether oxygens (including phenoxy) is 1. The molecule has 0 spiro atoms. The molecule has 4 N–H and O–H groups in total. The Labute approximate surface area is 172 Å². The first-order valence-corrected chi connectivity index (χ1v) is 9.94. The number of nitrogens with two attached hydrogens (primary N) is 1. The van der Waals surface area contributed by atoms with Crippen LogP contribution in [0.3, 0.4) is 0 Å². The van der Waals surface area contributed by atoms with Crippen molar-refractivity contribution in [1.29, 1.82) is 0 Å². The maximum atomic E-state index is 13.8. The van der Waals surface area contributed by atoms with Crippen LogP contribution in [0.2, 0.25) is 5.02 Å². The van der Waals surface area contributed by atoms with Crippen molar-refractivity contribution in [2.75, 3.05) is 35.3 Å². The van der Waals surface area contributed by atoms with E-state index in [0.717, 1.165) is 18.4 Å². The Hall–Kier alpha value is -2.39. The summed E-state index contributed by atoms with van der Waals surface area (Å²) in [6.07, 6.45) is 2.00.